The summed E-state index contributed by atoms with van der Waals surface area (Å²) in [6.07, 6.45) is 1.59. The summed E-state index contributed by atoms with van der Waals surface area (Å²) in [4.78, 5) is 11.2. The van der Waals surface area contributed by atoms with Crippen molar-refractivity contribution in [3.05, 3.63) is 36.5 Å². The second-order valence-electron chi connectivity index (χ2n) is 5.61. The molecule has 2 aromatic rings. The molecular weight excluding hydrogens is 294 g/mol. The zero-order chi connectivity index (χ0) is 16.2. The third-order valence-corrected chi connectivity index (χ3v) is 3.99. The summed E-state index contributed by atoms with van der Waals surface area (Å²) < 4.78 is 10.8. The second kappa shape index (κ2) is 6.93. The molecule has 0 radical (unpaired) electrons. The minimum atomic E-state index is -0.175. The molecule has 0 spiro atoms. The van der Waals surface area contributed by atoms with E-state index in [0.29, 0.717) is 19.0 Å². The zero-order valence-electron chi connectivity index (χ0n) is 13.3. The molecule has 0 amide bonds. The number of aromatic nitrogens is 2. The van der Waals surface area contributed by atoms with Gasteiger partial charge in [-0.3, -0.25) is 0 Å². The third kappa shape index (κ3) is 3.43. The number of nitrogens with zero attached hydrogens (tertiary/aromatic N) is 3. The molecule has 6 nitrogen and oxygen atoms in total. The molecule has 6 heteroatoms. The van der Waals surface area contributed by atoms with Gasteiger partial charge in [0.1, 0.15) is 11.6 Å². The van der Waals surface area contributed by atoms with Crippen molar-refractivity contribution in [2.75, 3.05) is 31.8 Å². The molecule has 2 atom stereocenters. The fraction of sp³-hybridized carbons (Fsp3) is 0.412. The van der Waals surface area contributed by atoms with Crippen LogP contribution in [0.1, 0.15) is 6.92 Å². The summed E-state index contributed by atoms with van der Waals surface area (Å²) in [7, 11) is 1.64. The van der Waals surface area contributed by atoms with E-state index in [9.17, 15) is 5.11 Å². The van der Waals surface area contributed by atoms with Crippen molar-refractivity contribution in [3.8, 4) is 17.1 Å². The SMILES string of the molecule is COc1ccc(-c2nccc(N3CC(CO)OCC3C)n2)cc1. The minimum Gasteiger partial charge on any atom is -0.497 e. The summed E-state index contributed by atoms with van der Waals surface area (Å²) in [5.41, 5.74) is 0.937. The minimum absolute atomic E-state index is 0.0135. The Labute approximate surface area is 135 Å². The summed E-state index contributed by atoms with van der Waals surface area (Å²) >= 11 is 0. The maximum atomic E-state index is 9.33. The molecule has 2 unspecified atom stereocenters. The average molecular weight is 315 g/mol. The molecule has 1 aromatic carbocycles. The van der Waals surface area contributed by atoms with Crippen molar-refractivity contribution in [1.29, 1.82) is 0 Å². The molecule has 3 rings (SSSR count). The fourth-order valence-electron chi connectivity index (χ4n) is 2.64. The van der Waals surface area contributed by atoms with E-state index in [4.69, 9.17) is 9.47 Å². The molecule has 122 valence electrons. The lowest BCUT2D eigenvalue weighted by atomic mass is 10.2. The number of anilines is 1. The van der Waals surface area contributed by atoms with E-state index in [1.165, 1.54) is 0 Å². The van der Waals surface area contributed by atoms with Crippen molar-refractivity contribution in [1.82, 2.24) is 9.97 Å². The highest BCUT2D eigenvalue weighted by Gasteiger charge is 2.26. The first-order valence-corrected chi connectivity index (χ1v) is 7.68. The standard InChI is InChI=1S/C17H21N3O3/c1-12-11-23-15(10-21)9-20(12)16-7-8-18-17(19-16)13-3-5-14(22-2)6-4-13/h3-8,12,15,21H,9-11H2,1-2H3. The normalized spacial score (nSPS) is 21.3. The van der Waals surface area contributed by atoms with Crippen LogP contribution in [0.4, 0.5) is 5.82 Å². The van der Waals surface area contributed by atoms with Crippen LogP contribution in [-0.2, 0) is 4.74 Å². The maximum Gasteiger partial charge on any atom is 0.161 e. The van der Waals surface area contributed by atoms with Crippen LogP contribution in [0, 0.1) is 0 Å². The molecule has 1 N–H and O–H groups in total. The van der Waals surface area contributed by atoms with Gasteiger partial charge in [0.05, 0.1) is 32.5 Å². The van der Waals surface area contributed by atoms with Crippen molar-refractivity contribution in [3.63, 3.8) is 0 Å². The van der Waals surface area contributed by atoms with Gasteiger partial charge in [-0.15, -0.1) is 0 Å². The van der Waals surface area contributed by atoms with Gasteiger partial charge in [-0.2, -0.15) is 0 Å². The van der Waals surface area contributed by atoms with Gasteiger partial charge in [0.15, 0.2) is 5.82 Å². The first kappa shape index (κ1) is 15.7. The fourth-order valence-corrected chi connectivity index (χ4v) is 2.64. The Morgan fingerprint density at radius 2 is 2.09 bits per heavy atom. The van der Waals surface area contributed by atoms with Gasteiger partial charge in [0.25, 0.3) is 0 Å². The number of hydrogen-bond acceptors (Lipinski definition) is 6. The zero-order valence-corrected chi connectivity index (χ0v) is 13.3. The number of methoxy groups -OCH3 is 1. The molecule has 1 saturated heterocycles. The van der Waals surface area contributed by atoms with Gasteiger partial charge in [0, 0.05) is 18.3 Å². The van der Waals surface area contributed by atoms with Gasteiger partial charge in [0.2, 0.25) is 0 Å². The van der Waals surface area contributed by atoms with E-state index in [1.807, 2.05) is 30.3 Å². The Morgan fingerprint density at radius 1 is 1.30 bits per heavy atom. The number of morpholine rings is 1. The lowest BCUT2D eigenvalue weighted by Crippen LogP contribution is -2.50. The monoisotopic (exact) mass is 315 g/mol. The van der Waals surface area contributed by atoms with E-state index >= 15 is 0 Å². The van der Waals surface area contributed by atoms with Gasteiger partial charge in [-0.25, -0.2) is 9.97 Å². The lowest BCUT2D eigenvalue weighted by molar-refractivity contribution is -0.0105. The number of benzene rings is 1. The molecule has 2 heterocycles. The summed E-state index contributed by atoms with van der Waals surface area (Å²) in [5.74, 6) is 2.32. The topological polar surface area (TPSA) is 67.7 Å². The number of rotatable bonds is 4. The van der Waals surface area contributed by atoms with Crippen LogP contribution in [0.5, 0.6) is 5.75 Å². The van der Waals surface area contributed by atoms with Crippen LogP contribution in [0.15, 0.2) is 36.5 Å². The van der Waals surface area contributed by atoms with Crippen molar-refractivity contribution in [2.45, 2.75) is 19.1 Å². The van der Waals surface area contributed by atoms with Crippen LogP contribution in [-0.4, -0.2) is 54.1 Å². The Kier molecular flexibility index (Phi) is 4.73. The average Bonchev–Trinajstić information content (AvgIpc) is 2.62. The van der Waals surface area contributed by atoms with E-state index < -0.39 is 0 Å². The van der Waals surface area contributed by atoms with Crippen LogP contribution in [0.2, 0.25) is 0 Å². The van der Waals surface area contributed by atoms with Gasteiger partial charge < -0.3 is 19.5 Å². The Hall–Kier alpha value is -2.18. The van der Waals surface area contributed by atoms with Crippen LogP contribution in [0.3, 0.4) is 0 Å². The van der Waals surface area contributed by atoms with Crippen molar-refractivity contribution < 1.29 is 14.6 Å². The predicted octanol–water partition coefficient (Wildman–Crippen LogP) is 1.74. The van der Waals surface area contributed by atoms with Gasteiger partial charge in [-0.05, 0) is 37.3 Å². The Bertz CT molecular complexity index is 648. The first-order chi connectivity index (χ1) is 11.2. The van der Waals surface area contributed by atoms with Crippen LogP contribution in [0.25, 0.3) is 11.4 Å². The number of hydrogen-bond donors (Lipinski definition) is 1. The Morgan fingerprint density at radius 3 is 2.78 bits per heavy atom. The Balaban J connectivity index is 1.86. The van der Waals surface area contributed by atoms with Gasteiger partial charge >= 0.3 is 0 Å². The molecular formula is C17H21N3O3. The van der Waals surface area contributed by atoms with Crippen LogP contribution < -0.4 is 9.64 Å². The smallest absolute Gasteiger partial charge is 0.161 e. The largest absolute Gasteiger partial charge is 0.497 e. The van der Waals surface area contributed by atoms with E-state index in [-0.39, 0.29) is 18.8 Å². The summed E-state index contributed by atoms with van der Waals surface area (Å²) in [5, 5.41) is 9.33. The van der Waals surface area contributed by atoms with Crippen molar-refractivity contribution >= 4 is 5.82 Å². The van der Waals surface area contributed by atoms with Crippen molar-refractivity contribution in [2.24, 2.45) is 0 Å². The summed E-state index contributed by atoms with van der Waals surface area (Å²) in [6.45, 7) is 3.30. The molecule has 0 bridgehead atoms. The molecule has 1 aliphatic rings. The number of ether oxygens (including phenoxy) is 2. The van der Waals surface area contributed by atoms with E-state index in [0.717, 1.165) is 17.1 Å². The highest BCUT2D eigenvalue weighted by atomic mass is 16.5. The molecule has 0 saturated carbocycles. The number of aliphatic hydroxyl groups is 1. The molecule has 1 aliphatic heterocycles. The lowest BCUT2D eigenvalue weighted by Gasteiger charge is -2.38. The van der Waals surface area contributed by atoms with Crippen LogP contribution >= 0.6 is 0 Å². The maximum absolute atomic E-state index is 9.33. The van der Waals surface area contributed by atoms with E-state index in [2.05, 4.69) is 21.8 Å². The molecule has 0 aliphatic carbocycles. The third-order valence-electron chi connectivity index (χ3n) is 3.99. The molecule has 1 aromatic heterocycles. The highest BCUT2D eigenvalue weighted by Crippen LogP contribution is 2.24. The van der Waals surface area contributed by atoms with E-state index in [1.54, 1.807) is 13.3 Å². The second-order valence-corrected chi connectivity index (χ2v) is 5.61. The molecule has 1 fully saturated rings. The number of aliphatic hydroxyl groups excluding tert-OH is 1. The predicted molar refractivity (Wildman–Crippen MR) is 87.7 cm³/mol. The van der Waals surface area contributed by atoms with Gasteiger partial charge in [-0.1, -0.05) is 0 Å². The highest BCUT2D eigenvalue weighted by molar-refractivity contribution is 5.58. The summed E-state index contributed by atoms with van der Waals surface area (Å²) in [6, 6.07) is 9.77. The first-order valence-electron chi connectivity index (χ1n) is 7.68. The quantitative estimate of drug-likeness (QED) is 0.927. The molecule has 23 heavy (non-hydrogen) atoms.